The Morgan fingerprint density at radius 3 is 2.74 bits per heavy atom. The summed E-state index contributed by atoms with van der Waals surface area (Å²) in [6.45, 7) is 3.02. The molecular weight excluding hydrogens is 320 g/mol. The zero-order valence-electron chi connectivity index (χ0n) is 11.3. The molecule has 0 aliphatic carbocycles. The van der Waals surface area contributed by atoms with Gasteiger partial charge in [0, 0.05) is 34.7 Å². The lowest BCUT2D eigenvalue weighted by molar-refractivity contribution is 0.811. The fraction of sp³-hybridized carbons (Fsp3) is 0.333. The molecule has 0 aliphatic heterocycles. The number of likely N-dealkylation sites (N-methyl/N-ethyl adjacent to an activating group) is 1. The molecule has 0 bridgehead atoms. The molecule has 0 aliphatic rings. The van der Waals surface area contributed by atoms with Crippen LogP contribution in [0.5, 0.6) is 0 Å². The van der Waals surface area contributed by atoms with Crippen LogP contribution in [-0.4, -0.2) is 13.6 Å². The van der Waals surface area contributed by atoms with Gasteiger partial charge in [-0.15, -0.1) is 11.3 Å². The van der Waals surface area contributed by atoms with Gasteiger partial charge in [-0.05, 0) is 42.5 Å². The Labute approximate surface area is 127 Å². The van der Waals surface area contributed by atoms with Crippen molar-refractivity contribution >= 4 is 33.0 Å². The van der Waals surface area contributed by atoms with Gasteiger partial charge in [0.25, 0.3) is 0 Å². The van der Waals surface area contributed by atoms with E-state index in [1.54, 1.807) is 0 Å². The van der Waals surface area contributed by atoms with E-state index in [4.69, 9.17) is 5.73 Å². The van der Waals surface area contributed by atoms with E-state index in [1.165, 1.54) is 10.6 Å². The van der Waals surface area contributed by atoms with Crippen molar-refractivity contribution in [1.82, 2.24) is 0 Å². The van der Waals surface area contributed by atoms with Crippen molar-refractivity contribution in [2.45, 2.75) is 19.4 Å². The first-order valence-corrected chi connectivity index (χ1v) is 8.03. The molecule has 0 radical (unpaired) electrons. The van der Waals surface area contributed by atoms with Gasteiger partial charge < -0.3 is 10.6 Å². The lowest BCUT2D eigenvalue weighted by Crippen LogP contribution is -2.20. The molecule has 0 saturated heterocycles. The third kappa shape index (κ3) is 3.81. The summed E-state index contributed by atoms with van der Waals surface area (Å²) < 4.78 is 1.09. The predicted molar refractivity (Wildman–Crippen MR) is 88.0 cm³/mol. The number of hydrogen-bond donors (Lipinski definition) is 1. The Morgan fingerprint density at radius 2 is 2.16 bits per heavy atom. The normalized spacial score (nSPS) is 12.4. The van der Waals surface area contributed by atoms with Crippen LogP contribution in [0.25, 0.3) is 0 Å². The zero-order chi connectivity index (χ0) is 13.8. The van der Waals surface area contributed by atoms with Crippen molar-refractivity contribution in [2.24, 2.45) is 5.73 Å². The summed E-state index contributed by atoms with van der Waals surface area (Å²) in [5.41, 5.74) is 8.29. The second-order valence-corrected chi connectivity index (χ2v) is 6.63. The first kappa shape index (κ1) is 14.6. The summed E-state index contributed by atoms with van der Waals surface area (Å²) in [4.78, 5) is 3.70. The van der Waals surface area contributed by atoms with E-state index in [2.05, 4.69) is 63.6 Å². The van der Waals surface area contributed by atoms with Crippen LogP contribution in [0.3, 0.4) is 0 Å². The minimum Gasteiger partial charge on any atom is -0.374 e. The molecule has 0 saturated carbocycles. The molecule has 1 aromatic heterocycles. The smallest absolute Gasteiger partial charge is 0.0375 e. The van der Waals surface area contributed by atoms with E-state index < -0.39 is 0 Å². The molecule has 1 aromatic carbocycles. The number of anilines is 1. The second kappa shape index (κ2) is 6.55. The predicted octanol–water partition coefficient (Wildman–Crippen LogP) is 4.21. The largest absolute Gasteiger partial charge is 0.374 e. The summed E-state index contributed by atoms with van der Waals surface area (Å²) in [6.07, 6.45) is 1.08. The fourth-order valence-corrected chi connectivity index (χ4v) is 3.41. The number of rotatable bonds is 5. The van der Waals surface area contributed by atoms with Crippen LogP contribution in [0.15, 0.2) is 40.2 Å². The van der Waals surface area contributed by atoms with Crippen molar-refractivity contribution in [3.05, 3.63) is 50.6 Å². The Morgan fingerprint density at radius 1 is 1.37 bits per heavy atom. The molecule has 0 fully saturated rings. The topological polar surface area (TPSA) is 29.3 Å². The highest BCUT2D eigenvalue weighted by Gasteiger charge is 2.08. The first-order chi connectivity index (χ1) is 9.08. The van der Waals surface area contributed by atoms with Crippen molar-refractivity contribution in [2.75, 3.05) is 18.5 Å². The molecule has 0 unspecified atom stereocenters. The van der Waals surface area contributed by atoms with Crippen LogP contribution >= 0.6 is 27.3 Å². The van der Waals surface area contributed by atoms with Crippen LogP contribution in [0, 0.1) is 0 Å². The van der Waals surface area contributed by atoms with Crippen LogP contribution in [0.1, 0.15) is 23.4 Å². The molecule has 1 heterocycles. The van der Waals surface area contributed by atoms with Crippen molar-refractivity contribution < 1.29 is 0 Å². The van der Waals surface area contributed by atoms with E-state index >= 15 is 0 Å². The highest BCUT2D eigenvalue weighted by Crippen LogP contribution is 2.27. The molecule has 2 aromatic rings. The maximum Gasteiger partial charge on any atom is 0.0375 e. The minimum absolute atomic E-state index is 0.0554. The molecule has 0 spiro atoms. The number of benzene rings is 1. The van der Waals surface area contributed by atoms with Gasteiger partial charge in [-0.2, -0.15) is 0 Å². The molecule has 2 rings (SSSR count). The lowest BCUT2D eigenvalue weighted by atomic mass is 10.1. The van der Waals surface area contributed by atoms with Gasteiger partial charge in [-0.3, -0.25) is 0 Å². The summed E-state index contributed by atoms with van der Waals surface area (Å²) >= 11 is 5.42. The Bertz CT molecular complexity index is 523. The van der Waals surface area contributed by atoms with Crippen LogP contribution in [-0.2, 0) is 6.42 Å². The molecule has 102 valence electrons. The minimum atomic E-state index is 0.0554. The van der Waals surface area contributed by atoms with Gasteiger partial charge >= 0.3 is 0 Å². The summed E-state index contributed by atoms with van der Waals surface area (Å²) in [7, 11) is 2.13. The molecule has 2 nitrogen and oxygen atoms in total. The first-order valence-electron chi connectivity index (χ1n) is 6.36. The van der Waals surface area contributed by atoms with Gasteiger partial charge in [0.2, 0.25) is 0 Å². The van der Waals surface area contributed by atoms with Gasteiger partial charge in [0.05, 0.1) is 0 Å². The zero-order valence-corrected chi connectivity index (χ0v) is 13.7. The van der Waals surface area contributed by atoms with E-state index in [0.717, 1.165) is 23.0 Å². The maximum atomic E-state index is 5.92. The quantitative estimate of drug-likeness (QED) is 0.884. The number of thiophene rings is 1. The second-order valence-electron chi connectivity index (χ2n) is 4.75. The van der Waals surface area contributed by atoms with E-state index in [-0.39, 0.29) is 6.04 Å². The van der Waals surface area contributed by atoms with Crippen molar-refractivity contribution in [1.29, 1.82) is 0 Å². The van der Waals surface area contributed by atoms with E-state index in [0.29, 0.717) is 0 Å². The van der Waals surface area contributed by atoms with Crippen LogP contribution in [0.4, 0.5) is 5.69 Å². The lowest BCUT2D eigenvalue weighted by Gasteiger charge is -2.20. The van der Waals surface area contributed by atoms with Crippen LogP contribution in [0.2, 0.25) is 0 Å². The number of nitrogens with zero attached hydrogens (tertiary/aromatic N) is 1. The standard InChI is InChI=1S/C15H19BrN2S/c1-11(17)14-6-5-12(10-15(14)16)18(2)8-7-13-4-3-9-19-13/h3-6,9-11H,7-8,17H2,1-2H3/t11-/m0/s1. The highest BCUT2D eigenvalue weighted by molar-refractivity contribution is 9.10. The van der Waals surface area contributed by atoms with E-state index in [9.17, 15) is 0 Å². The number of hydrogen-bond acceptors (Lipinski definition) is 3. The van der Waals surface area contributed by atoms with Crippen molar-refractivity contribution in [3.63, 3.8) is 0 Å². The summed E-state index contributed by atoms with van der Waals surface area (Å²) in [5, 5.41) is 2.13. The van der Waals surface area contributed by atoms with Crippen molar-refractivity contribution in [3.8, 4) is 0 Å². The SMILES string of the molecule is C[C@H](N)c1ccc(N(C)CCc2cccs2)cc1Br. The molecular formula is C15H19BrN2S. The monoisotopic (exact) mass is 338 g/mol. The van der Waals surface area contributed by atoms with Gasteiger partial charge in [-0.25, -0.2) is 0 Å². The Balaban J connectivity index is 2.03. The highest BCUT2D eigenvalue weighted by atomic mass is 79.9. The van der Waals surface area contributed by atoms with Gasteiger partial charge in [0.15, 0.2) is 0 Å². The third-order valence-electron chi connectivity index (χ3n) is 3.19. The molecule has 0 amide bonds. The molecule has 19 heavy (non-hydrogen) atoms. The van der Waals surface area contributed by atoms with Crippen LogP contribution < -0.4 is 10.6 Å². The molecule has 2 N–H and O–H groups in total. The third-order valence-corrected chi connectivity index (χ3v) is 4.81. The summed E-state index contributed by atoms with van der Waals surface area (Å²) in [6, 6.07) is 10.7. The summed E-state index contributed by atoms with van der Waals surface area (Å²) in [5.74, 6) is 0. The average molecular weight is 339 g/mol. The van der Waals surface area contributed by atoms with E-state index in [1.807, 2.05) is 18.3 Å². The van der Waals surface area contributed by atoms with Gasteiger partial charge in [-0.1, -0.05) is 28.1 Å². The molecule has 4 heteroatoms. The Hall–Kier alpha value is -0.840. The molecule has 1 atom stereocenters. The number of halogens is 1. The Kier molecular flexibility index (Phi) is 5.02. The fourth-order valence-electron chi connectivity index (χ4n) is 1.98. The van der Waals surface area contributed by atoms with Gasteiger partial charge in [0.1, 0.15) is 0 Å². The number of nitrogens with two attached hydrogens (primary N) is 1. The average Bonchev–Trinajstić information content (AvgIpc) is 2.88. The maximum absolute atomic E-state index is 5.92.